The van der Waals surface area contributed by atoms with Crippen LogP contribution in [-0.4, -0.2) is 33.4 Å². The van der Waals surface area contributed by atoms with Gasteiger partial charge in [0, 0.05) is 13.2 Å². The van der Waals surface area contributed by atoms with Crippen molar-refractivity contribution in [2.24, 2.45) is 0 Å². The van der Waals surface area contributed by atoms with Crippen molar-refractivity contribution in [3.05, 3.63) is 29.8 Å². The van der Waals surface area contributed by atoms with Gasteiger partial charge in [0.05, 0.1) is 29.2 Å². The second kappa shape index (κ2) is 6.46. The van der Waals surface area contributed by atoms with Gasteiger partial charge < -0.3 is 4.74 Å². The molecule has 0 bridgehead atoms. The minimum atomic E-state index is -3.47. The summed E-state index contributed by atoms with van der Waals surface area (Å²) < 4.78 is 32.0. The maximum Gasteiger partial charge on any atom is 0.237 e. The number of nitriles is 1. The van der Waals surface area contributed by atoms with Crippen LogP contribution in [0.3, 0.4) is 0 Å². The highest BCUT2D eigenvalue weighted by molar-refractivity contribution is 7.92. The molecular weight excluding hydrogens is 288 g/mol. The Hall–Kier alpha value is -1.58. The van der Waals surface area contributed by atoms with Crippen LogP contribution in [0.15, 0.2) is 24.3 Å². The predicted octanol–water partition coefficient (Wildman–Crippen LogP) is 2.28. The number of hydrogen-bond donors (Lipinski definition) is 0. The molecule has 1 atom stereocenters. The van der Waals surface area contributed by atoms with Crippen molar-refractivity contribution in [1.82, 2.24) is 0 Å². The highest BCUT2D eigenvalue weighted by Crippen LogP contribution is 2.33. The summed E-state index contributed by atoms with van der Waals surface area (Å²) in [5, 5.41) is 9.00. The van der Waals surface area contributed by atoms with Crippen molar-refractivity contribution in [3.63, 3.8) is 0 Å². The molecule has 0 spiro atoms. The second-order valence-corrected chi connectivity index (χ2v) is 7.26. The van der Waals surface area contributed by atoms with Gasteiger partial charge in [-0.05, 0) is 44.4 Å². The van der Waals surface area contributed by atoms with Crippen LogP contribution >= 0.6 is 0 Å². The molecule has 2 rings (SSSR count). The van der Waals surface area contributed by atoms with Crippen molar-refractivity contribution in [1.29, 1.82) is 5.26 Å². The summed E-state index contributed by atoms with van der Waals surface area (Å²) in [4.78, 5) is 0. The summed E-state index contributed by atoms with van der Waals surface area (Å²) in [6, 6.07) is 8.81. The molecule has 1 aromatic carbocycles. The van der Waals surface area contributed by atoms with Gasteiger partial charge in [-0.3, -0.25) is 4.31 Å². The van der Waals surface area contributed by atoms with Crippen LogP contribution in [0.2, 0.25) is 0 Å². The third-order valence-electron chi connectivity index (χ3n) is 3.78. The molecule has 0 amide bonds. The van der Waals surface area contributed by atoms with Gasteiger partial charge >= 0.3 is 0 Å². The van der Waals surface area contributed by atoms with Gasteiger partial charge in [0.2, 0.25) is 10.0 Å². The first-order valence-corrected chi connectivity index (χ1v) is 8.64. The molecule has 1 fully saturated rings. The molecule has 0 aliphatic heterocycles. The van der Waals surface area contributed by atoms with Crippen molar-refractivity contribution in [2.45, 2.75) is 38.3 Å². The van der Waals surface area contributed by atoms with Crippen LogP contribution < -0.4 is 4.31 Å². The lowest BCUT2D eigenvalue weighted by Crippen LogP contribution is -2.47. The Morgan fingerprint density at radius 1 is 1.48 bits per heavy atom. The number of rotatable bonds is 6. The van der Waals surface area contributed by atoms with E-state index in [9.17, 15) is 8.42 Å². The van der Waals surface area contributed by atoms with E-state index in [0.717, 1.165) is 19.3 Å². The molecule has 1 saturated carbocycles. The van der Waals surface area contributed by atoms with E-state index in [-0.39, 0.29) is 17.9 Å². The molecule has 1 aliphatic rings. The monoisotopic (exact) mass is 308 g/mol. The van der Waals surface area contributed by atoms with E-state index in [4.69, 9.17) is 10.00 Å². The molecule has 0 radical (unpaired) electrons. The number of sulfonamides is 1. The van der Waals surface area contributed by atoms with Gasteiger partial charge in [-0.15, -0.1) is 0 Å². The fourth-order valence-electron chi connectivity index (χ4n) is 2.38. The lowest BCUT2D eigenvalue weighted by Gasteiger charge is -2.38. The quantitative estimate of drug-likeness (QED) is 0.808. The van der Waals surface area contributed by atoms with Crippen LogP contribution in [0.5, 0.6) is 0 Å². The van der Waals surface area contributed by atoms with E-state index >= 15 is 0 Å². The topological polar surface area (TPSA) is 70.4 Å². The van der Waals surface area contributed by atoms with E-state index in [2.05, 4.69) is 6.07 Å². The van der Waals surface area contributed by atoms with Gasteiger partial charge in [-0.25, -0.2) is 8.42 Å². The summed E-state index contributed by atoms with van der Waals surface area (Å²) >= 11 is 0. The molecule has 5 nitrogen and oxygen atoms in total. The summed E-state index contributed by atoms with van der Waals surface area (Å²) in [7, 11) is -1.97. The third kappa shape index (κ3) is 3.55. The minimum Gasteiger partial charge on any atom is -0.381 e. The van der Waals surface area contributed by atoms with Gasteiger partial charge in [-0.2, -0.15) is 5.26 Å². The standard InChI is InChI=1S/C15H20N2O3S/c1-12(20-2)11-21(18,19)17(14-6-4-7-14)15-8-3-5-13(9-15)10-16/h3,5,8-9,12,14H,4,6-7,11H2,1-2H3. The van der Waals surface area contributed by atoms with Gasteiger partial charge in [0.15, 0.2) is 0 Å². The summed E-state index contributed by atoms with van der Waals surface area (Å²) in [5.74, 6) is -0.0587. The molecule has 1 unspecified atom stereocenters. The average Bonchev–Trinajstić information content (AvgIpc) is 2.41. The molecule has 1 aromatic rings. The van der Waals surface area contributed by atoms with Gasteiger partial charge in [-0.1, -0.05) is 6.07 Å². The molecule has 0 heterocycles. The maximum atomic E-state index is 12.7. The first kappa shape index (κ1) is 15.8. The fraction of sp³-hybridized carbons (Fsp3) is 0.533. The van der Waals surface area contributed by atoms with E-state index < -0.39 is 10.0 Å². The SMILES string of the molecule is COC(C)CS(=O)(=O)N(c1cccc(C#N)c1)C1CCC1. The Balaban J connectivity index is 2.36. The zero-order chi connectivity index (χ0) is 15.5. The number of ether oxygens (including phenoxy) is 1. The van der Waals surface area contributed by atoms with Crippen LogP contribution in [0.1, 0.15) is 31.7 Å². The Kier molecular flexibility index (Phi) is 4.86. The highest BCUT2D eigenvalue weighted by Gasteiger charge is 2.35. The number of nitrogens with zero attached hydrogens (tertiary/aromatic N) is 2. The number of hydrogen-bond acceptors (Lipinski definition) is 4. The Bertz CT molecular complexity index is 633. The fourth-order valence-corrected chi connectivity index (χ4v) is 4.37. The highest BCUT2D eigenvalue weighted by atomic mass is 32.2. The summed E-state index contributed by atoms with van der Waals surface area (Å²) in [6.07, 6.45) is 2.39. The molecule has 0 saturated heterocycles. The summed E-state index contributed by atoms with van der Waals surface area (Å²) in [6.45, 7) is 1.74. The van der Waals surface area contributed by atoms with Gasteiger partial charge in [0.25, 0.3) is 0 Å². The first-order chi connectivity index (χ1) is 9.97. The predicted molar refractivity (Wildman–Crippen MR) is 81.5 cm³/mol. The van der Waals surface area contributed by atoms with Gasteiger partial charge in [0.1, 0.15) is 0 Å². The lowest BCUT2D eigenvalue weighted by molar-refractivity contribution is 0.136. The van der Waals surface area contributed by atoms with Crippen LogP contribution in [0, 0.1) is 11.3 Å². The van der Waals surface area contributed by atoms with E-state index in [1.807, 2.05) is 0 Å². The lowest BCUT2D eigenvalue weighted by atomic mass is 9.93. The van der Waals surface area contributed by atoms with Crippen LogP contribution in [-0.2, 0) is 14.8 Å². The Morgan fingerprint density at radius 2 is 2.19 bits per heavy atom. The van der Waals surface area contributed by atoms with E-state index in [1.165, 1.54) is 11.4 Å². The largest absolute Gasteiger partial charge is 0.381 e. The zero-order valence-corrected chi connectivity index (χ0v) is 13.1. The Morgan fingerprint density at radius 3 is 2.71 bits per heavy atom. The molecule has 0 N–H and O–H groups in total. The number of benzene rings is 1. The second-order valence-electron chi connectivity index (χ2n) is 5.37. The molecule has 0 aromatic heterocycles. The van der Waals surface area contributed by atoms with Crippen molar-refractivity contribution in [2.75, 3.05) is 17.2 Å². The van der Waals surface area contributed by atoms with Crippen molar-refractivity contribution < 1.29 is 13.2 Å². The normalized spacial score (nSPS) is 16.8. The van der Waals surface area contributed by atoms with Crippen molar-refractivity contribution in [3.8, 4) is 6.07 Å². The van der Waals surface area contributed by atoms with Crippen LogP contribution in [0.4, 0.5) is 5.69 Å². The molecule has 114 valence electrons. The summed E-state index contributed by atoms with van der Waals surface area (Å²) in [5.41, 5.74) is 1.04. The minimum absolute atomic E-state index is 0.00648. The molecule has 1 aliphatic carbocycles. The zero-order valence-electron chi connectivity index (χ0n) is 12.3. The molecule has 21 heavy (non-hydrogen) atoms. The maximum absolute atomic E-state index is 12.7. The van der Waals surface area contributed by atoms with Crippen molar-refractivity contribution >= 4 is 15.7 Å². The third-order valence-corrected chi connectivity index (χ3v) is 5.78. The van der Waals surface area contributed by atoms with E-state index in [1.54, 1.807) is 31.2 Å². The molecule has 6 heteroatoms. The van der Waals surface area contributed by atoms with E-state index in [0.29, 0.717) is 11.3 Å². The first-order valence-electron chi connectivity index (χ1n) is 7.03. The number of methoxy groups -OCH3 is 1. The molecular formula is C15H20N2O3S. The average molecular weight is 308 g/mol. The Labute approximate surface area is 126 Å². The smallest absolute Gasteiger partial charge is 0.237 e. The van der Waals surface area contributed by atoms with Crippen LogP contribution in [0.25, 0.3) is 0 Å². The number of anilines is 1.